The molecule has 0 rings (SSSR count). The summed E-state index contributed by atoms with van der Waals surface area (Å²) in [7, 11) is -4.09. The molecular formula is C15H33NNaO4P. The summed E-state index contributed by atoms with van der Waals surface area (Å²) in [5, 5.41) is 2.95. The molecule has 0 aromatic rings. The van der Waals surface area contributed by atoms with Crippen LogP contribution in [-0.4, -0.2) is 19.9 Å². The van der Waals surface area contributed by atoms with E-state index in [1.807, 2.05) is 0 Å². The first-order valence-corrected chi connectivity index (χ1v) is 9.89. The number of phosphoric acid groups is 1. The molecule has 0 saturated heterocycles. The zero-order chi connectivity index (χ0) is 15.8. The van der Waals surface area contributed by atoms with Crippen LogP contribution in [0.25, 0.3) is 0 Å². The second-order valence-electron chi connectivity index (χ2n) is 5.32. The van der Waals surface area contributed by atoms with Gasteiger partial charge in [0.2, 0.25) is 0 Å². The van der Waals surface area contributed by atoms with Crippen molar-refractivity contribution in [3.8, 4) is 0 Å². The molecule has 0 aromatic heterocycles. The number of rotatable bonds is 16. The molecule has 0 amide bonds. The van der Waals surface area contributed by atoms with E-state index in [0.717, 1.165) is 13.0 Å². The predicted molar refractivity (Wildman–Crippen MR) is 85.0 cm³/mol. The molecule has 0 aliphatic heterocycles. The Morgan fingerprint density at radius 3 is 1.86 bits per heavy atom. The van der Waals surface area contributed by atoms with E-state index in [2.05, 4.69) is 21.3 Å². The Balaban J connectivity index is 0. The fraction of sp³-hybridized carbons (Fsp3) is 1.00. The molecule has 0 aromatic carbocycles. The SMILES string of the molecule is CCCCCCCCCCCCNCOP(=O)([O-])OCC.[Na+]. The third-order valence-corrected chi connectivity index (χ3v) is 4.34. The summed E-state index contributed by atoms with van der Waals surface area (Å²) in [4.78, 5) is 11.1. The van der Waals surface area contributed by atoms with Crippen molar-refractivity contribution < 1.29 is 48.1 Å². The normalized spacial score (nSPS) is 13.6. The Morgan fingerprint density at radius 2 is 1.36 bits per heavy atom. The van der Waals surface area contributed by atoms with Gasteiger partial charge in [0.25, 0.3) is 7.82 Å². The molecule has 0 bridgehead atoms. The van der Waals surface area contributed by atoms with Crippen molar-refractivity contribution in [2.75, 3.05) is 19.9 Å². The van der Waals surface area contributed by atoms with Gasteiger partial charge in [0.15, 0.2) is 0 Å². The molecule has 22 heavy (non-hydrogen) atoms. The van der Waals surface area contributed by atoms with Crippen molar-refractivity contribution in [1.29, 1.82) is 0 Å². The van der Waals surface area contributed by atoms with E-state index >= 15 is 0 Å². The number of hydrogen-bond donors (Lipinski definition) is 1. The molecule has 7 heteroatoms. The van der Waals surface area contributed by atoms with Crippen LogP contribution in [0.5, 0.6) is 0 Å². The molecule has 0 radical (unpaired) electrons. The molecular weight excluding hydrogens is 312 g/mol. The summed E-state index contributed by atoms with van der Waals surface area (Å²) in [6, 6.07) is 0. The average Bonchev–Trinajstić information content (AvgIpc) is 2.44. The van der Waals surface area contributed by atoms with Gasteiger partial charge in [0.05, 0.1) is 6.61 Å². The van der Waals surface area contributed by atoms with Crippen molar-refractivity contribution in [1.82, 2.24) is 5.32 Å². The Hall–Kier alpha value is 1.07. The van der Waals surface area contributed by atoms with Crippen LogP contribution in [0.15, 0.2) is 0 Å². The molecule has 0 saturated carbocycles. The summed E-state index contributed by atoms with van der Waals surface area (Å²) >= 11 is 0. The van der Waals surface area contributed by atoms with Crippen LogP contribution in [0.2, 0.25) is 0 Å². The van der Waals surface area contributed by atoms with Crippen molar-refractivity contribution in [2.24, 2.45) is 0 Å². The third-order valence-electron chi connectivity index (χ3n) is 3.32. The largest absolute Gasteiger partial charge is 1.00 e. The van der Waals surface area contributed by atoms with E-state index in [1.54, 1.807) is 6.92 Å². The van der Waals surface area contributed by atoms with Crippen LogP contribution in [-0.2, 0) is 13.6 Å². The monoisotopic (exact) mass is 345 g/mol. The van der Waals surface area contributed by atoms with Gasteiger partial charge in [-0.2, -0.15) is 0 Å². The summed E-state index contributed by atoms with van der Waals surface area (Å²) < 4.78 is 20.2. The molecule has 0 aliphatic carbocycles. The van der Waals surface area contributed by atoms with Crippen LogP contribution in [0.3, 0.4) is 0 Å². The first kappa shape index (κ1) is 25.3. The summed E-state index contributed by atoms with van der Waals surface area (Å²) in [6.07, 6.45) is 12.9. The number of nitrogens with one attached hydrogen (secondary N) is 1. The van der Waals surface area contributed by atoms with Gasteiger partial charge in [-0.15, -0.1) is 0 Å². The van der Waals surface area contributed by atoms with E-state index < -0.39 is 7.82 Å². The standard InChI is InChI=1S/C15H34NO4P.Na/c1-3-5-6-7-8-9-10-11-12-13-14-16-15-20-21(17,18)19-4-2;/h16H,3-15H2,1-2H3,(H,17,18);/q;+1/p-1. The minimum Gasteiger partial charge on any atom is -0.756 e. The molecule has 1 unspecified atom stereocenters. The Kier molecular flexibility index (Phi) is 21.2. The van der Waals surface area contributed by atoms with Crippen molar-refractivity contribution in [3.63, 3.8) is 0 Å². The van der Waals surface area contributed by atoms with Crippen molar-refractivity contribution in [3.05, 3.63) is 0 Å². The van der Waals surface area contributed by atoms with E-state index in [4.69, 9.17) is 0 Å². The van der Waals surface area contributed by atoms with Crippen LogP contribution in [0.4, 0.5) is 0 Å². The molecule has 0 aliphatic rings. The zero-order valence-electron chi connectivity index (χ0n) is 14.8. The average molecular weight is 345 g/mol. The molecule has 0 spiro atoms. The molecule has 128 valence electrons. The maximum atomic E-state index is 11.1. The molecule has 0 heterocycles. The molecule has 0 fully saturated rings. The van der Waals surface area contributed by atoms with Gasteiger partial charge < -0.3 is 13.9 Å². The van der Waals surface area contributed by atoms with Crippen LogP contribution in [0.1, 0.15) is 78.1 Å². The minimum absolute atomic E-state index is 0. The van der Waals surface area contributed by atoms with Gasteiger partial charge >= 0.3 is 29.6 Å². The topological polar surface area (TPSA) is 70.6 Å². The molecule has 1 atom stereocenters. The van der Waals surface area contributed by atoms with Crippen LogP contribution >= 0.6 is 7.82 Å². The maximum absolute atomic E-state index is 11.1. The quantitative estimate of drug-likeness (QED) is 0.195. The van der Waals surface area contributed by atoms with Gasteiger partial charge in [-0.1, -0.05) is 64.7 Å². The first-order chi connectivity index (χ1) is 10.1. The van der Waals surface area contributed by atoms with Gasteiger partial charge in [-0.3, -0.25) is 9.88 Å². The van der Waals surface area contributed by atoms with E-state index in [9.17, 15) is 9.46 Å². The van der Waals surface area contributed by atoms with Gasteiger partial charge in [-0.25, -0.2) is 0 Å². The predicted octanol–water partition coefficient (Wildman–Crippen LogP) is 0.980. The zero-order valence-corrected chi connectivity index (χ0v) is 17.7. The van der Waals surface area contributed by atoms with Gasteiger partial charge in [-0.05, 0) is 19.9 Å². The second-order valence-corrected chi connectivity index (χ2v) is 6.73. The summed E-state index contributed by atoms with van der Waals surface area (Å²) in [5.74, 6) is 0. The van der Waals surface area contributed by atoms with Gasteiger partial charge in [0, 0.05) is 0 Å². The van der Waals surface area contributed by atoms with Gasteiger partial charge in [0.1, 0.15) is 6.73 Å². The fourth-order valence-corrected chi connectivity index (χ4v) is 2.77. The molecule has 5 nitrogen and oxygen atoms in total. The summed E-state index contributed by atoms with van der Waals surface area (Å²) in [6.45, 7) is 4.75. The number of unbranched alkanes of at least 4 members (excludes halogenated alkanes) is 9. The Morgan fingerprint density at radius 1 is 0.864 bits per heavy atom. The maximum Gasteiger partial charge on any atom is 1.00 e. The smallest absolute Gasteiger partial charge is 0.756 e. The first-order valence-electron chi connectivity index (χ1n) is 8.43. The van der Waals surface area contributed by atoms with E-state index in [1.165, 1.54) is 57.8 Å². The van der Waals surface area contributed by atoms with Crippen LogP contribution in [0, 0.1) is 0 Å². The Bertz CT molecular complexity index is 270. The number of hydrogen-bond acceptors (Lipinski definition) is 5. The van der Waals surface area contributed by atoms with Crippen molar-refractivity contribution >= 4 is 7.82 Å². The minimum atomic E-state index is -4.09. The molecule has 1 N–H and O–H groups in total. The fourth-order valence-electron chi connectivity index (χ4n) is 2.13. The van der Waals surface area contributed by atoms with E-state index in [0.29, 0.717) is 0 Å². The van der Waals surface area contributed by atoms with Crippen LogP contribution < -0.4 is 39.8 Å². The third kappa shape index (κ3) is 19.1. The van der Waals surface area contributed by atoms with E-state index in [-0.39, 0.29) is 42.9 Å². The second kappa shape index (κ2) is 18.4. The van der Waals surface area contributed by atoms with Crippen molar-refractivity contribution in [2.45, 2.75) is 78.1 Å². The number of phosphoric ester groups is 1. The Labute approximate surface area is 158 Å². The summed E-state index contributed by atoms with van der Waals surface area (Å²) in [5.41, 5.74) is 0.